The maximum Gasteiger partial charge on any atom is 0.320 e. The van der Waals surface area contributed by atoms with Crippen LogP contribution in [0.15, 0.2) is 0 Å². The Kier molecular flexibility index (Phi) is 6.10. The van der Waals surface area contributed by atoms with Gasteiger partial charge in [0.15, 0.2) is 5.75 Å². The van der Waals surface area contributed by atoms with Gasteiger partial charge in [-0.05, 0) is 18.4 Å². The van der Waals surface area contributed by atoms with Crippen molar-refractivity contribution in [3.05, 3.63) is 0 Å². The number of carboxylic acid groups (broad SMARTS) is 1. The van der Waals surface area contributed by atoms with Crippen LogP contribution in [-0.2, 0) is 14.8 Å². The van der Waals surface area contributed by atoms with Crippen LogP contribution in [0.1, 0.15) is 6.42 Å². The molecular formula is C6H13NO4S2. The number of carbonyl (C=O) groups is 1. The lowest BCUT2D eigenvalue weighted by molar-refractivity contribution is -0.134. The zero-order valence-electron chi connectivity index (χ0n) is 7.32. The lowest BCUT2D eigenvalue weighted by Gasteiger charge is -2.02. The molecule has 0 spiro atoms. The number of hydrogen-bond acceptors (Lipinski definition) is 4. The first kappa shape index (κ1) is 12.7. The van der Waals surface area contributed by atoms with E-state index in [1.54, 1.807) is 11.8 Å². The number of nitrogens with one attached hydrogen (secondary N) is 1. The van der Waals surface area contributed by atoms with Gasteiger partial charge in [-0.1, -0.05) is 0 Å². The summed E-state index contributed by atoms with van der Waals surface area (Å²) in [6.45, 7) is 0.302. The van der Waals surface area contributed by atoms with Gasteiger partial charge in [-0.25, -0.2) is 13.1 Å². The summed E-state index contributed by atoms with van der Waals surface area (Å²) in [5, 5.41) is 8.23. The zero-order valence-corrected chi connectivity index (χ0v) is 8.95. The molecule has 0 aromatic rings. The highest BCUT2D eigenvalue weighted by Crippen LogP contribution is 1.94. The van der Waals surface area contributed by atoms with Crippen molar-refractivity contribution in [1.82, 2.24) is 4.72 Å². The second-order valence-corrected chi connectivity index (χ2v) is 5.19. The van der Waals surface area contributed by atoms with Crippen LogP contribution >= 0.6 is 11.8 Å². The van der Waals surface area contributed by atoms with Crippen LogP contribution in [0.3, 0.4) is 0 Å². The van der Waals surface area contributed by atoms with Crippen LogP contribution in [0.2, 0.25) is 0 Å². The minimum Gasteiger partial charge on any atom is -0.480 e. The Morgan fingerprint density at radius 1 is 1.54 bits per heavy atom. The third-order valence-corrected chi connectivity index (χ3v) is 3.13. The Labute approximate surface area is 82.0 Å². The molecule has 0 saturated heterocycles. The molecule has 78 valence electrons. The van der Waals surface area contributed by atoms with E-state index < -0.39 is 21.7 Å². The van der Waals surface area contributed by atoms with Gasteiger partial charge in [0.25, 0.3) is 0 Å². The number of carboxylic acids is 1. The summed E-state index contributed by atoms with van der Waals surface area (Å²) in [6, 6.07) is 0. The van der Waals surface area contributed by atoms with Gasteiger partial charge in [-0.2, -0.15) is 11.8 Å². The summed E-state index contributed by atoms with van der Waals surface area (Å²) < 4.78 is 24.0. The standard InChI is InChI=1S/C6H13NO4S2/c1-12-4-2-3-7-13(10,11)5-6(8)9/h7H,2-5H2,1H3,(H,8,9). The first-order chi connectivity index (χ1) is 5.98. The van der Waals surface area contributed by atoms with E-state index in [2.05, 4.69) is 4.72 Å². The number of thioether (sulfide) groups is 1. The fourth-order valence-corrected chi connectivity index (χ4v) is 1.97. The van der Waals surface area contributed by atoms with E-state index in [1.807, 2.05) is 6.26 Å². The van der Waals surface area contributed by atoms with Gasteiger partial charge in [0.1, 0.15) is 0 Å². The van der Waals surface area contributed by atoms with Crippen LogP contribution in [0, 0.1) is 0 Å². The summed E-state index contributed by atoms with van der Waals surface area (Å²) >= 11 is 1.61. The molecule has 0 saturated carbocycles. The van der Waals surface area contributed by atoms with Gasteiger partial charge in [0, 0.05) is 6.54 Å². The van der Waals surface area contributed by atoms with Crippen LogP contribution in [-0.4, -0.2) is 43.8 Å². The molecule has 0 fully saturated rings. The van der Waals surface area contributed by atoms with Gasteiger partial charge < -0.3 is 5.11 Å². The Morgan fingerprint density at radius 2 is 2.15 bits per heavy atom. The molecule has 0 amide bonds. The smallest absolute Gasteiger partial charge is 0.320 e. The van der Waals surface area contributed by atoms with Crippen molar-refractivity contribution in [3.8, 4) is 0 Å². The molecule has 0 rings (SSSR count). The Balaban J connectivity index is 3.71. The summed E-state index contributed by atoms with van der Waals surface area (Å²) in [5.74, 6) is -1.33. The largest absolute Gasteiger partial charge is 0.480 e. The SMILES string of the molecule is CSCCCNS(=O)(=O)CC(=O)O. The Hall–Kier alpha value is -0.270. The molecule has 0 aliphatic carbocycles. The van der Waals surface area contributed by atoms with Crippen LogP contribution < -0.4 is 4.72 Å². The maximum atomic E-state index is 10.9. The highest BCUT2D eigenvalue weighted by atomic mass is 32.2. The summed E-state index contributed by atoms with van der Waals surface area (Å²) in [7, 11) is -3.62. The molecule has 0 aromatic carbocycles. The third-order valence-electron chi connectivity index (χ3n) is 1.16. The van der Waals surface area contributed by atoms with Gasteiger partial charge in [-0.3, -0.25) is 4.79 Å². The molecule has 13 heavy (non-hydrogen) atoms. The van der Waals surface area contributed by atoms with E-state index in [1.165, 1.54) is 0 Å². The van der Waals surface area contributed by atoms with Crippen molar-refractivity contribution in [3.63, 3.8) is 0 Å². The molecule has 0 unspecified atom stereocenters. The highest BCUT2D eigenvalue weighted by Gasteiger charge is 2.13. The molecule has 0 bridgehead atoms. The van der Waals surface area contributed by atoms with Crippen molar-refractivity contribution in [2.75, 3.05) is 24.3 Å². The van der Waals surface area contributed by atoms with Crippen molar-refractivity contribution in [2.45, 2.75) is 6.42 Å². The van der Waals surface area contributed by atoms with E-state index >= 15 is 0 Å². The predicted molar refractivity (Wildman–Crippen MR) is 52.4 cm³/mol. The maximum absolute atomic E-state index is 10.9. The molecule has 0 heterocycles. The van der Waals surface area contributed by atoms with Crippen molar-refractivity contribution in [2.24, 2.45) is 0 Å². The molecule has 5 nitrogen and oxygen atoms in total. The summed E-state index contributed by atoms with van der Waals surface area (Å²) in [4.78, 5) is 10.1. The molecule has 0 aliphatic heterocycles. The first-order valence-corrected chi connectivity index (χ1v) is 6.70. The van der Waals surface area contributed by atoms with Crippen LogP contribution in [0.5, 0.6) is 0 Å². The Morgan fingerprint density at radius 3 is 2.62 bits per heavy atom. The number of aliphatic carboxylic acids is 1. The molecule has 0 aromatic heterocycles. The number of rotatable bonds is 7. The second kappa shape index (κ2) is 6.22. The van der Waals surface area contributed by atoms with E-state index in [0.29, 0.717) is 13.0 Å². The number of hydrogen-bond donors (Lipinski definition) is 2. The fourth-order valence-electron chi connectivity index (χ4n) is 0.658. The van der Waals surface area contributed by atoms with Gasteiger partial charge in [0.05, 0.1) is 0 Å². The summed E-state index contributed by atoms with van der Waals surface area (Å²) in [6.07, 6.45) is 2.63. The third kappa shape index (κ3) is 8.07. The topological polar surface area (TPSA) is 83.5 Å². The minimum absolute atomic E-state index is 0.302. The highest BCUT2D eigenvalue weighted by molar-refractivity contribution is 7.98. The van der Waals surface area contributed by atoms with Gasteiger partial charge >= 0.3 is 5.97 Å². The predicted octanol–water partition coefficient (Wildman–Crippen LogP) is -0.257. The minimum atomic E-state index is -3.62. The van der Waals surface area contributed by atoms with E-state index in [0.717, 1.165) is 5.75 Å². The zero-order chi connectivity index (χ0) is 10.3. The lowest BCUT2D eigenvalue weighted by atomic mass is 10.5. The molecule has 0 aliphatic rings. The molecule has 2 N–H and O–H groups in total. The Bertz CT molecular complexity index is 249. The second-order valence-electron chi connectivity index (χ2n) is 2.39. The monoisotopic (exact) mass is 227 g/mol. The van der Waals surface area contributed by atoms with Gasteiger partial charge in [-0.15, -0.1) is 0 Å². The summed E-state index contributed by atoms with van der Waals surface area (Å²) in [5.41, 5.74) is 0. The average molecular weight is 227 g/mol. The normalized spacial score (nSPS) is 11.5. The van der Waals surface area contributed by atoms with Crippen LogP contribution in [0.25, 0.3) is 0 Å². The number of sulfonamides is 1. The van der Waals surface area contributed by atoms with Crippen molar-refractivity contribution >= 4 is 27.8 Å². The lowest BCUT2D eigenvalue weighted by Crippen LogP contribution is -2.30. The molecular weight excluding hydrogens is 214 g/mol. The van der Waals surface area contributed by atoms with Crippen molar-refractivity contribution < 1.29 is 18.3 Å². The first-order valence-electron chi connectivity index (χ1n) is 3.66. The van der Waals surface area contributed by atoms with E-state index in [4.69, 9.17) is 5.11 Å². The molecule has 0 atom stereocenters. The van der Waals surface area contributed by atoms with Crippen molar-refractivity contribution in [1.29, 1.82) is 0 Å². The average Bonchev–Trinajstić information content (AvgIpc) is 1.95. The molecule has 7 heteroatoms. The molecule has 0 radical (unpaired) electrons. The van der Waals surface area contributed by atoms with E-state index in [-0.39, 0.29) is 0 Å². The van der Waals surface area contributed by atoms with Crippen LogP contribution in [0.4, 0.5) is 0 Å². The van der Waals surface area contributed by atoms with Gasteiger partial charge in [0.2, 0.25) is 10.0 Å². The fraction of sp³-hybridized carbons (Fsp3) is 0.833. The van der Waals surface area contributed by atoms with E-state index in [9.17, 15) is 13.2 Å². The quantitative estimate of drug-likeness (QED) is 0.586.